The number of amides is 2. The fraction of sp³-hybridized carbons (Fsp3) is 0.190. The number of benzene rings is 2. The first-order valence-electron chi connectivity index (χ1n) is 9.47. The summed E-state index contributed by atoms with van der Waals surface area (Å²) in [5.41, 5.74) is 12.0. The van der Waals surface area contributed by atoms with Crippen molar-refractivity contribution in [3.8, 4) is 0 Å². The normalized spacial score (nSPS) is 10.7. The summed E-state index contributed by atoms with van der Waals surface area (Å²) in [6, 6.07) is 14.2. The molecule has 2 amide bonds. The largest absolute Gasteiger partial charge is 0.448 e. The Labute approximate surface area is 177 Å². The lowest BCUT2D eigenvalue weighted by molar-refractivity contribution is 0.0987. The van der Waals surface area contributed by atoms with Gasteiger partial charge < -0.3 is 16.2 Å². The standard InChI is InChI=1S/C13H15N3O3.C8H7N3O/c1-8(2)7-19-13(18)16-10-6-4-3-5-9(10)11(15-16)12(14)17;9-8(12)7-5-3-1-2-4-6(5)10-11-7/h3-6,8H,7H2,1-2H3,(H2,14,17);1-4H,(H2,9,12)(H,10,11). The van der Waals surface area contributed by atoms with Crippen molar-refractivity contribution in [3.05, 3.63) is 59.9 Å². The molecule has 0 fully saturated rings. The predicted octanol–water partition coefficient (Wildman–Crippen LogP) is 2.44. The fourth-order valence-corrected chi connectivity index (χ4v) is 2.84. The number of carbonyl (C=O) groups excluding carboxylic acids is 3. The van der Waals surface area contributed by atoms with Gasteiger partial charge in [0.2, 0.25) is 0 Å². The monoisotopic (exact) mass is 422 g/mol. The van der Waals surface area contributed by atoms with E-state index in [1.54, 1.807) is 30.3 Å². The van der Waals surface area contributed by atoms with Crippen LogP contribution in [0, 0.1) is 5.92 Å². The second kappa shape index (κ2) is 9.08. The lowest BCUT2D eigenvalue weighted by Crippen LogP contribution is -2.19. The Morgan fingerprint density at radius 2 is 1.58 bits per heavy atom. The van der Waals surface area contributed by atoms with Crippen LogP contribution in [0.1, 0.15) is 34.8 Å². The summed E-state index contributed by atoms with van der Waals surface area (Å²) in [7, 11) is 0. The summed E-state index contributed by atoms with van der Waals surface area (Å²) < 4.78 is 6.17. The van der Waals surface area contributed by atoms with E-state index in [4.69, 9.17) is 16.2 Å². The van der Waals surface area contributed by atoms with E-state index < -0.39 is 17.9 Å². The third-order valence-corrected chi connectivity index (χ3v) is 4.24. The molecule has 10 heteroatoms. The highest BCUT2D eigenvalue weighted by Gasteiger charge is 2.19. The van der Waals surface area contributed by atoms with E-state index in [9.17, 15) is 14.4 Å². The number of nitrogens with zero attached hydrogens (tertiary/aromatic N) is 3. The van der Waals surface area contributed by atoms with Crippen LogP contribution >= 0.6 is 0 Å². The van der Waals surface area contributed by atoms with E-state index in [0.29, 0.717) is 23.2 Å². The van der Waals surface area contributed by atoms with Gasteiger partial charge in [0.1, 0.15) is 0 Å². The van der Waals surface area contributed by atoms with Crippen LogP contribution in [0.4, 0.5) is 4.79 Å². The molecule has 0 aliphatic heterocycles. The zero-order valence-electron chi connectivity index (χ0n) is 17.0. The SMILES string of the molecule is CC(C)COC(=O)n1nc(C(N)=O)c2ccccc21.NC(=O)c1n[nH]c2ccccc12. The molecule has 0 radical (unpaired) electrons. The zero-order valence-corrected chi connectivity index (χ0v) is 17.0. The average molecular weight is 422 g/mol. The molecule has 0 spiro atoms. The van der Waals surface area contributed by atoms with E-state index >= 15 is 0 Å². The van der Waals surface area contributed by atoms with Crippen molar-refractivity contribution in [2.75, 3.05) is 6.61 Å². The number of aromatic amines is 1. The maximum Gasteiger partial charge on any atom is 0.435 e. The molecule has 4 rings (SSSR count). The summed E-state index contributed by atoms with van der Waals surface area (Å²) in [5, 5.41) is 11.8. The van der Waals surface area contributed by atoms with Crippen LogP contribution in [-0.4, -0.2) is 44.5 Å². The number of carbonyl (C=O) groups is 3. The molecule has 31 heavy (non-hydrogen) atoms. The summed E-state index contributed by atoms with van der Waals surface area (Å²) >= 11 is 0. The highest BCUT2D eigenvalue weighted by Crippen LogP contribution is 2.18. The summed E-state index contributed by atoms with van der Waals surface area (Å²) in [6.45, 7) is 4.16. The number of nitrogens with one attached hydrogen (secondary N) is 1. The first-order chi connectivity index (χ1) is 14.8. The zero-order chi connectivity index (χ0) is 22.5. The van der Waals surface area contributed by atoms with Gasteiger partial charge in [0.15, 0.2) is 11.4 Å². The maximum absolute atomic E-state index is 11.9. The fourth-order valence-electron chi connectivity index (χ4n) is 2.84. The van der Waals surface area contributed by atoms with Crippen molar-refractivity contribution < 1.29 is 19.1 Å². The van der Waals surface area contributed by atoms with Crippen molar-refractivity contribution in [1.29, 1.82) is 0 Å². The Morgan fingerprint density at radius 1 is 0.968 bits per heavy atom. The van der Waals surface area contributed by atoms with Crippen molar-refractivity contribution in [2.24, 2.45) is 17.4 Å². The number of ether oxygens (including phenoxy) is 1. The Morgan fingerprint density at radius 3 is 2.23 bits per heavy atom. The van der Waals surface area contributed by atoms with E-state index in [-0.39, 0.29) is 11.6 Å². The third-order valence-electron chi connectivity index (χ3n) is 4.24. The summed E-state index contributed by atoms with van der Waals surface area (Å²) in [5.74, 6) is -0.958. The molecular formula is C21H22N6O4. The molecule has 5 N–H and O–H groups in total. The van der Waals surface area contributed by atoms with E-state index in [1.807, 2.05) is 32.0 Å². The molecule has 0 atom stereocenters. The average Bonchev–Trinajstić information content (AvgIpc) is 3.34. The number of para-hydroxylation sites is 2. The maximum atomic E-state index is 11.9. The van der Waals surface area contributed by atoms with Crippen LogP contribution in [0.3, 0.4) is 0 Å². The van der Waals surface area contributed by atoms with Crippen LogP contribution in [0.2, 0.25) is 0 Å². The lowest BCUT2D eigenvalue weighted by Gasteiger charge is -2.06. The second-order valence-corrected chi connectivity index (χ2v) is 7.09. The summed E-state index contributed by atoms with van der Waals surface area (Å²) in [4.78, 5) is 34.1. The van der Waals surface area contributed by atoms with Gasteiger partial charge in [-0.3, -0.25) is 14.7 Å². The predicted molar refractivity (Wildman–Crippen MR) is 114 cm³/mol. The molecule has 10 nitrogen and oxygen atoms in total. The van der Waals surface area contributed by atoms with Crippen LogP contribution in [0.5, 0.6) is 0 Å². The van der Waals surface area contributed by atoms with Crippen molar-refractivity contribution in [3.63, 3.8) is 0 Å². The third kappa shape index (κ3) is 4.69. The quantitative estimate of drug-likeness (QED) is 0.458. The van der Waals surface area contributed by atoms with Gasteiger partial charge in [-0.25, -0.2) is 4.79 Å². The number of hydrogen-bond donors (Lipinski definition) is 3. The van der Waals surface area contributed by atoms with Gasteiger partial charge in [0.25, 0.3) is 11.8 Å². The van der Waals surface area contributed by atoms with Crippen LogP contribution in [0.15, 0.2) is 48.5 Å². The number of aromatic nitrogens is 4. The Kier molecular flexibility index (Phi) is 6.29. The minimum absolute atomic E-state index is 0.0668. The molecule has 0 bridgehead atoms. The Balaban J connectivity index is 0.000000194. The highest BCUT2D eigenvalue weighted by molar-refractivity contribution is 6.06. The molecule has 0 unspecified atom stereocenters. The molecule has 0 saturated heterocycles. The molecule has 160 valence electrons. The number of nitrogens with two attached hydrogens (primary N) is 2. The van der Waals surface area contributed by atoms with Gasteiger partial charge in [-0.2, -0.15) is 14.9 Å². The number of hydrogen-bond acceptors (Lipinski definition) is 6. The topological polar surface area (TPSA) is 159 Å². The molecule has 2 aromatic carbocycles. The van der Waals surface area contributed by atoms with Crippen LogP contribution < -0.4 is 11.5 Å². The van der Waals surface area contributed by atoms with Gasteiger partial charge in [-0.1, -0.05) is 50.2 Å². The minimum atomic E-state index is -0.674. The van der Waals surface area contributed by atoms with Gasteiger partial charge in [-0.05, 0) is 18.1 Å². The number of primary amides is 2. The first kappa shape index (κ1) is 21.5. The van der Waals surface area contributed by atoms with Crippen molar-refractivity contribution >= 4 is 39.7 Å². The van der Waals surface area contributed by atoms with E-state index in [0.717, 1.165) is 15.6 Å². The molecule has 0 saturated carbocycles. The van der Waals surface area contributed by atoms with Crippen LogP contribution in [0.25, 0.3) is 21.8 Å². The molecule has 2 heterocycles. The Hall–Kier alpha value is -4.21. The minimum Gasteiger partial charge on any atom is -0.448 e. The smallest absolute Gasteiger partial charge is 0.435 e. The van der Waals surface area contributed by atoms with Gasteiger partial charge in [0.05, 0.1) is 17.6 Å². The van der Waals surface area contributed by atoms with E-state index in [2.05, 4.69) is 15.3 Å². The second-order valence-electron chi connectivity index (χ2n) is 7.09. The van der Waals surface area contributed by atoms with E-state index in [1.165, 1.54) is 0 Å². The summed E-state index contributed by atoms with van der Waals surface area (Å²) in [6.07, 6.45) is -0.614. The Bertz CT molecular complexity index is 1260. The van der Waals surface area contributed by atoms with Gasteiger partial charge in [-0.15, -0.1) is 0 Å². The van der Waals surface area contributed by atoms with Gasteiger partial charge in [0, 0.05) is 10.8 Å². The molecule has 4 aromatic rings. The highest BCUT2D eigenvalue weighted by atomic mass is 16.6. The molecule has 0 aliphatic rings. The van der Waals surface area contributed by atoms with Crippen LogP contribution in [-0.2, 0) is 4.74 Å². The van der Waals surface area contributed by atoms with Crippen molar-refractivity contribution in [2.45, 2.75) is 13.8 Å². The number of rotatable bonds is 4. The van der Waals surface area contributed by atoms with Gasteiger partial charge >= 0.3 is 6.09 Å². The molecule has 0 aliphatic carbocycles. The van der Waals surface area contributed by atoms with Crippen molar-refractivity contribution in [1.82, 2.24) is 20.0 Å². The molecular weight excluding hydrogens is 400 g/mol. The number of fused-ring (bicyclic) bond motifs is 2. The lowest BCUT2D eigenvalue weighted by atomic mass is 10.2. The molecule has 2 aromatic heterocycles. The number of H-pyrrole nitrogens is 1. The first-order valence-corrected chi connectivity index (χ1v) is 9.47.